The molecule has 1 aliphatic heterocycles. The van der Waals surface area contributed by atoms with Gasteiger partial charge in [-0.2, -0.15) is 13.2 Å². The predicted octanol–water partition coefficient (Wildman–Crippen LogP) is 1.68. The van der Waals surface area contributed by atoms with Gasteiger partial charge in [0.05, 0.1) is 11.6 Å². The largest absolute Gasteiger partial charge is 0.416 e. The molecular weight excluding hydrogens is 263 g/mol. The zero-order valence-corrected chi connectivity index (χ0v) is 10.2. The van der Waals surface area contributed by atoms with Gasteiger partial charge in [-0.25, -0.2) is 14.7 Å². The van der Waals surface area contributed by atoms with Crippen LogP contribution in [0.25, 0.3) is 0 Å². The fraction of sp³-hybridized carbons (Fsp3) is 0.455. The van der Waals surface area contributed by atoms with Crippen LogP contribution in [-0.2, 0) is 6.18 Å². The molecule has 2 atom stereocenters. The topological polar surface area (TPSA) is 56.7 Å². The Kier molecular flexibility index (Phi) is 3.13. The van der Waals surface area contributed by atoms with Crippen molar-refractivity contribution in [1.29, 1.82) is 0 Å². The summed E-state index contributed by atoms with van der Waals surface area (Å²) >= 11 is 0. The molecule has 0 radical (unpaired) electrons. The van der Waals surface area contributed by atoms with Crippen LogP contribution in [0.15, 0.2) is 18.3 Å². The van der Waals surface area contributed by atoms with Gasteiger partial charge in [-0.05, 0) is 19.1 Å². The zero-order valence-electron chi connectivity index (χ0n) is 10.2. The third kappa shape index (κ3) is 2.23. The standard InChI is InChI=1S/C11H12F3N3O2/c1-6-9(18)17(10(19)16(6)2)8-5-7(3-4-15-8)11(12,13)14/h3-6,9,18H,1-2H3/t6-,9-/m0/s1. The van der Waals surface area contributed by atoms with Crippen molar-refractivity contribution in [2.24, 2.45) is 0 Å². The first-order valence-corrected chi connectivity index (χ1v) is 5.51. The number of urea groups is 1. The average molecular weight is 275 g/mol. The van der Waals surface area contributed by atoms with Crippen LogP contribution in [0.3, 0.4) is 0 Å². The molecule has 0 bridgehead atoms. The van der Waals surface area contributed by atoms with Gasteiger partial charge in [0.15, 0.2) is 6.23 Å². The summed E-state index contributed by atoms with van der Waals surface area (Å²) < 4.78 is 37.8. The number of pyridine rings is 1. The Morgan fingerprint density at radius 2 is 2.05 bits per heavy atom. The third-order valence-electron chi connectivity index (χ3n) is 3.13. The number of likely N-dealkylation sites (N-methyl/N-ethyl adjacent to an activating group) is 1. The highest BCUT2D eigenvalue weighted by atomic mass is 19.4. The van der Waals surface area contributed by atoms with Crippen molar-refractivity contribution in [2.45, 2.75) is 25.4 Å². The number of alkyl halides is 3. The highest BCUT2D eigenvalue weighted by Gasteiger charge is 2.42. The second-order valence-electron chi connectivity index (χ2n) is 4.32. The number of anilines is 1. The van der Waals surface area contributed by atoms with E-state index in [9.17, 15) is 23.1 Å². The molecule has 8 heteroatoms. The Labute approximate surface area is 107 Å². The summed E-state index contributed by atoms with van der Waals surface area (Å²) in [6.07, 6.45) is -4.79. The molecule has 1 aromatic heterocycles. The van der Waals surface area contributed by atoms with Crippen LogP contribution in [0.1, 0.15) is 12.5 Å². The quantitative estimate of drug-likeness (QED) is 0.848. The zero-order chi connectivity index (χ0) is 14.4. The van der Waals surface area contributed by atoms with E-state index >= 15 is 0 Å². The summed E-state index contributed by atoms with van der Waals surface area (Å²) in [5.74, 6) is -0.219. The first-order chi connectivity index (χ1) is 8.73. The van der Waals surface area contributed by atoms with Crippen molar-refractivity contribution in [3.05, 3.63) is 23.9 Å². The molecule has 0 unspecified atom stereocenters. The van der Waals surface area contributed by atoms with Crippen LogP contribution >= 0.6 is 0 Å². The second-order valence-corrected chi connectivity index (χ2v) is 4.32. The number of amides is 2. The van der Waals surface area contributed by atoms with Crippen molar-refractivity contribution in [2.75, 3.05) is 11.9 Å². The number of nitrogens with zero attached hydrogens (tertiary/aromatic N) is 3. The van der Waals surface area contributed by atoms with Gasteiger partial charge in [-0.3, -0.25) is 0 Å². The van der Waals surface area contributed by atoms with Gasteiger partial charge in [-0.15, -0.1) is 0 Å². The number of carbonyl (C=O) groups is 1. The number of halogens is 3. The lowest BCUT2D eigenvalue weighted by atomic mass is 10.2. The number of aliphatic hydroxyl groups excluding tert-OH is 1. The summed E-state index contributed by atoms with van der Waals surface area (Å²) in [5, 5.41) is 9.89. The molecule has 2 amide bonds. The molecule has 0 aromatic carbocycles. The average Bonchev–Trinajstić information content (AvgIpc) is 2.53. The molecule has 0 spiro atoms. The van der Waals surface area contributed by atoms with Gasteiger partial charge in [0.2, 0.25) is 0 Å². The van der Waals surface area contributed by atoms with E-state index in [4.69, 9.17) is 0 Å². The summed E-state index contributed by atoms with van der Waals surface area (Å²) in [6, 6.07) is 0.437. The van der Waals surface area contributed by atoms with Crippen LogP contribution < -0.4 is 4.90 Å². The lowest BCUT2D eigenvalue weighted by molar-refractivity contribution is -0.137. The van der Waals surface area contributed by atoms with Gasteiger partial charge in [-0.1, -0.05) is 0 Å². The van der Waals surface area contributed by atoms with Crippen molar-refractivity contribution < 1.29 is 23.1 Å². The minimum Gasteiger partial charge on any atom is -0.371 e. The Bertz CT molecular complexity index is 506. The molecule has 1 aromatic rings. The third-order valence-corrected chi connectivity index (χ3v) is 3.13. The summed E-state index contributed by atoms with van der Waals surface area (Å²) in [4.78, 5) is 17.7. The Morgan fingerprint density at radius 3 is 2.53 bits per heavy atom. The molecule has 2 rings (SSSR count). The predicted molar refractivity (Wildman–Crippen MR) is 60.3 cm³/mol. The number of rotatable bonds is 1. The highest BCUT2D eigenvalue weighted by molar-refractivity contribution is 5.94. The molecule has 1 aliphatic rings. The number of aliphatic hydroxyl groups is 1. The van der Waals surface area contributed by atoms with E-state index in [2.05, 4.69) is 4.98 Å². The van der Waals surface area contributed by atoms with Crippen molar-refractivity contribution >= 4 is 11.8 Å². The maximum Gasteiger partial charge on any atom is 0.416 e. The van der Waals surface area contributed by atoms with Crippen molar-refractivity contribution in [3.8, 4) is 0 Å². The normalized spacial score (nSPS) is 24.2. The molecule has 2 heterocycles. The van der Waals surface area contributed by atoms with E-state index in [1.807, 2.05) is 0 Å². The smallest absolute Gasteiger partial charge is 0.371 e. The highest BCUT2D eigenvalue weighted by Crippen LogP contribution is 2.32. The van der Waals surface area contributed by atoms with Gasteiger partial charge >= 0.3 is 12.2 Å². The lowest BCUT2D eigenvalue weighted by Gasteiger charge is -2.19. The van der Waals surface area contributed by atoms with E-state index in [0.29, 0.717) is 0 Å². The van der Waals surface area contributed by atoms with Crippen molar-refractivity contribution in [3.63, 3.8) is 0 Å². The minimum atomic E-state index is -4.52. The van der Waals surface area contributed by atoms with Crippen LogP contribution in [0.5, 0.6) is 0 Å². The van der Waals surface area contributed by atoms with Crippen LogP contribution in [-0.4, -0.2) is 40.3 Å². The molecule has 0 aliphatic carbocycles. The summed E-state index contributed by atoms with van der Waals surface area (Å²) in [7, 11) is 1.46. The van der Waals surface area contributed by atoms with Crippen LogP contribution in [0.2, 0.25) is 0 Å². The Balaban J connectivity index is 2.40. The first-order valence-electron chi connectivity index (χ1n) is 5.51. The van der Waals surface area contributed by atoms with Gasteiger partial charge in [0.1, 0.15) is 5.82 Å². The van der Waals surface area contributed by atoms with Gasteiger partial charge in [0.25, 0.3) is 0 Å². The van der Waals surface area contributed by atoms with Gasteiger partial charge < -0.3 is 10.0 Å². The van der Waals surface area contributed by atoms with E-state index in [-0.39, 0.29) is 5.82 Å². The molecule has 19 heavy (non-hydrogen) atoms. The van der Waals surface area contributed by atoms with Crippen molar-refractivity contribution in [1.82, 2.24) is 9.88 Å². The number of carbonyl (C=O) groups excluding carboxylic acids is 1. The Morgan fingerprint density at radius 1 is 1.42 bits per heavy atom. The fourth-order valence-electron chi connectivity index (χ4n) is 1.83. The molecule has 1 fully saturated rings. The molecule has 104 valence electrons. The SMILES string of the molecule is C[C@H]1[C@H](O)N(c2cc(C(F)(F)F)ccn2)C(=O)N1C. The minimum absolute atomic E-state index is 0.219. The number of hydrogen-bond acceptors (Lipinski definition) is 3. The van der Waals surface area contributed by atoms with Gasteiger partial charge in [0, 0.05) is 13.2 Å². The fourth-order valence-corrected chi connectivity index (χ4v) is 1.83. The monoisotopic (exact) mass is 275 g/mol. The maximum atomic E-state index is 12.6. The van der Waals surface area contributed by atoms with Crippen LogP contribution in [0.4, 0.5) is 23.8 Å². The number of hydrogen-bond donors (Lipinski definition) is 1. The molecular formula is C11H12F3N3O2. The van der Waals surface area contributed by atoms with Crippen LogP contribution in [0, 0.1) is 0 Å². The first kappa shape index (κ1) is 13.6. The molecule has 1 N–H and O–H groups in total. The molecule has 5 nitrogen and oxygen atoms in total. The number of aromatic nitrogens is 1. The van der Waals surface area contributed by atoms with E-state index in [1.165, 1.54) is 11.9 Å². The van der Waals surface area contributed by atoms with E-state index in [1.54, 1.807) is 6.92 Å². The Hall–Kier alpha value is -1.83. The molecule has 1 saturated heterocycles. The maximum absolute atomic E-state index is 12.6. The van der Waals surface area contributed by atoms with E-state index in [0.717, 1.165) is 23.2 Å². The summed E-state index contributed by atoms with van der Waals surface area (Å²) in [5.41, 5.74) is -0.917. The molecule has 0 saturated carbocycles. The second kappa shape index (κ2) is 4.37. The van der Waals surface area contributed by atoms with E-state index < -0.39 is 30.0 Å². The summed E-state index contributed by atoms with van der Waals surface area (Å²) in [6.45, 7) is 1.59. The lowest BCUT2D eigenvalue weighted by Crippen LogP contribution is -2.36.